The third-order valence-electron chi connectivity index (χ3n) is 6.66. The third kappa shape index (κ3) is 20.6. The molecule has 0 spiro atoms. The Morgan fingerprint density at radius 2 is 0.932 bits per heavy atom. The number of carbonyl (C=O) groups is 6. The largest absolute Gasteiger partial charge is 0.501 e. The number of ether oxygens (including phenoxy) is 3. The number of aryl methyl sites for hydroxylation is 1. The molecular weight excluding hydrogens is 822 g/mol. The summed E-state index contributed by atoms with van der Waals surface area (Å²) in [5, 5.41) is 59.3. The van der Waals surface area contributed by atoms with Crippen molar-refractivity contribution < 1.29 is 78.7 Å². The van der Waals surface area contributed by atoms with Crippen molar-refractivity contribution in [3.63, 3.8) is 0 Å². The highest BCUT2D eigenvalue weighted by Crippen LogP contribution is 2.19. The number of hydrogen-bond acceptors (Lipinski definition) is 11. The molecule has 0 aliphatic heterocycles. The molecule has 6 rings (SSSR count). The Bertz CT molecular complexity index is 1980. The van der Waals surface area contributed by atoms with Crippen molar-refractivity contribution in [1.82, 2.24) is 19.9 Å². The SMILES string of the molecule is COC(=O)c1ccc(C)[nH]1.COC1=CC=C(C(=O)O)C1.COC1=CC=C(C(=O)O)C1.O=C(O)c1ccc(Cl)[nH]1.O=C(O)c1ccc(O)[nH]1.O=C(O)c1ccc(O)[nH]1.[B]P. The van der Waals surface area contributed by atoms with Crippen LogP contribution in [0.15, 0.2) is 95.5 Å². The van der Waals surface area contributed by atoms with Gasteiger partial charge in [0.15, 0.2) is 11.8 Å². The summed E-state index contributed by atoms with van der Waals surface area (Å²) in [6.07, 6.45) is 7.27. The zero-order chi connectivity index (χ0) is 45.2. The normalized spacial score (nSPS) is 11.4. The summed E-state index contributed by atoms with van der Waals surface area (Å²) in [7, 11) is 10.8. The predicted molar refractivity (Wildman–Crippen MR) is 215 cm³/mol. The van der Waals surface area contributed by atoms with E-state index in [9.17, 15) is 28.8 Å². The fourth-order valence-corrected chi connectivity index (χ4v) is 3.98. The molecule has 4 aromatic heterocycles. The quantitative estimate of drug-likeness (QED) is 0.0622. The summed E-state index contributed by atoms with van der Waals surface area (Å²) < 4.78 is 14.2. The molecule has 316 valence electrons. The van der Waals surface area contributed by atoms with Crippen LogP contribution in [0.4, 0.5) is 0 Å². The molecule has 4 aromatic rings. The van der Waals surface area contributed by atoms with Crippen molar-refractivity contribution in [2.24, 2.45) is 0 Å². The second kappa shape index (κ2) is 27.5. The molecule has 2 aliphatic carbocycles. The third-order valence-corrected chi connectivity index (χ3v) is 6.88. The number of aromatic carboxylic acids is 3. The number of esters is 1. The Kier molecular flexibility index (Phi) is 24.2. The van der Waals surface area contributed by atoms with E-state index in [1.54, 1.807) is 30.4 Å². The average Bonchev–Trinajstić information content (AvgIpc) is 4.06. The number of carbonyl (C=O) groups excluding carboxylic acids is 1. The van der Waals surface area contributed by atoms with Gasteiger partial charge in [0.25, 0.3) is 0 Å². The monoisotopic (exact) mass is 862 g/mol. The van der Waals surface area contributed by atoms with Gasteiger partial charge >= 0.3 is 35.8 Å². The highest BCUT2D eigenvalue weighted by Gasteiger charge is 2.15. The molecule has 11 N–H and O–H groups in total. The van der Waals surface area contributed by atoms with E-state index in [1.807, 2.05) is 22.1 Å². The smallest absolute Gasteiger partial charge is 0.354 e. The number of halogens is 1. The van der Waals surface area contributed by atoms with Crippen LogP contribution in [-0.2, 0) is 23.8 Å². The number of hydrogen-bond donors (Lipinski definition) is 11. The molecule has 59 heavy (non-hydrogen) atoms. The van der Waals surface area contributed by atoms with Crippen LogP contribution in [0.25, 0.3) is 0 Å². The minimum atomic E-state index is -1.07. The minimum Gasteiger partial charge on any atom is -0.501 e. The summed E-state index contributed by atoms with van der Waals surface area (Å²) in [6.45, 7) is 1.88. The van der Waals surface area contributed by atoms with Crippen molar-refractivity contribution in [3.8, 4) is 11.8 Å². The lowest BCUT2D eigenvalue weighted by atomic mass is 10.2. The van der Waals surface area contributed by atoms with E-state index < -0.39 is 29.8 Å². The molecule has 1 unspecified atom stereocenters. The lowest BCUT2D eigenvalue weighted by molar-refractivity contribution is -0.133. The Hall–Kier alpha value is -7.12. The van der Waals surface area contributed by atoms with Gasteiger partial charge in [-0.3, -0.25) is 0 Å². The molecule has 2 radical (unpaired) electrons. The molecule has 0 bridgehead atoms. The maximum Gasteiger partial charge on any atom is 0.354 e. The highest BCUT2D eigenvalue weighted by atomic mass is 35.5. The summed E-state index contributed by atoms with van der Waals surface area (Å²) in [5.41, 5.74) is 2.33. The first-order chi connectivity index (χ1) is 27.8. The van der Waals surface area contributed by atoms with E-state index in [2.05, 4.69) is 32.2 Å². The molecule has 23 heteroatoms. The minimum absolute atomic E-state index is 0.00694. The van der Waals surface area contributed by atoms with Gasteiger partial charge in [-0.15, -0.1) is 0 Å². The summed E-state index contributed by atoms with van der Waals surface area (Å²) in [5.74, 6) is -4.07. The van der Waals surface area contributed by atoms with Gasteiger partial charge in [-0.1, -0.05) is 11.6 Å². The van der Waals surface area contributed by atoms with E-state index in [1.165, 1.54) is 57.7 Å². The number of aromatic amines is 4. The molecule has 4 heterocycles. The Morgan fingerprint density at radius 3 is 1.12 bits per heavy atom. The molecule has 20 nitrogen and oxygen atoms in total. The van der Waals surface area contributed by atoms with Crippen LogP contribution < -0.4 is 0 Å². The van der Waals surface area contributed by atoms with Crippen molar-refractivity contribution in [1.29, 1.82) is 0 Å². The standard InChI is InChI=1S/C7H9NO2.2C7H8O3.C5H4ClNO2.2C5H5NO3.BH2P/c1-5-3-4-6(8-5)7(9)10-2;2*1-10-6-3-2-5(4-6)7(8)9;6-4-2-1-3(7-4)5(8)9;2*7-4-2-1-3(6-4)5(8)9;1-2/h3-4,8H,1-2H3;2*2-3H,4H2,1H3,(H,8,9);1-2,7H,(H,8,9);2*1-2,6-7H,(H,8,9);2H2. The van der Waals surface area contributed by atoms with Gasteiger partial charge < -0.3 is 69.9 Å². The first-order valence-electron chi connectivity index (χ1n) is 16.0. The van der Waals surface area contributed by atoms with Crippen LogP contribution in [0.3, 0.4) is 0 Å². The first-order valence-corrected chi connectivity index (χ1v) is 17.1. The van der Waals surface area contributed by atoms with Crippen molar-refractivity contribution >= 4 is 64.1 Å². The molecule has 0 aromatic carbocycles. The number of allylic oxidation sites excluding steroid dienone is 6. The zero-order valence-electron chi connectivity index (χ0n) is 31.7. The molecule has 0 amide bonds. The van der Waals surface area contributed by atoms with Crippen LogP contribution in [0.5, 0.6) is 11.8 Å². The predicted octanol–water partition coefficient (Wildman–Crippen LogP) is 5.12. The number of aromatic hydroxyl groups is 2. The fourth-order valence-electron chi connectivity index (χ4n) is 3.82. The lowest BCUT2D eigenvalue weighted by Gasteiger charge is -1.98. The number of carboxylic acids is 5. The maximum atomic E-state index is 10.8. The van der Waals surface area contributed by atoms with Crippen LogP contribution in [-0.4, -0.2) is 120 Å². The molecule has 1 atom stereocenters. The Morgan fingerprint density at radius 1 is 0.559 bits per heavy atom. The first kappa shape index (κ1) is 51.9. The van der Waals surface area contributed by atoms with Crippen LogP contribution in [0.2, 0.25) is 5.15 Å². The van der Waals surface area contributed by atoms with E-state index in [4.69, 9.17) is 56.8 Å². The molecule has 0 saturated heterocycles. The topological polar surface area (TPSA) is 335 Å². The average molecular weight is 863 g/mol. The number of carboxylic acid groups (broad SMARTS) is 5. The van der Waals surface area contributed by atoms with Gasteiger partial charge in [0, 0.05) is 41.8 Å². The number of rotatable bonds is 8. The molecule has 0 fully saturated rings. The molecule has 2 aliphatic rings. The number of aromatic nitrogens is 4. The molecular formula is C36H41BClN4O16P. The van der Waals surface area contributed by atoms with Crippen LogP contribution >= 0.6 is 20.7 Å². The second-order valence-corrected chi connectivity index (χ2v) is 11.1. The number of aliphatic carboxylic acids is 2. The van der Waals surface area contributed by atoms with Crippen molar-refractivity contribution in [2.75, 3.05) is 21.3 Å². The maximum absolute atomic E-state index is 10.8. The summed E-state index contributed by atoms with van der Waals surface area (Å²) in [6, 6.07) is 11.6. The second-order valence-electron chi connectivity index (χ2n) is 10.7. The number of nitrogens with one attached hydrogen (secondary N) is 4. The van der Waals surface area contributed by atoms with Crippen molar-refractivity contribution in [3.05, 3.63) is 129 Å². The van der Waals surface area contributed by atoms with Gasteiger partial charge in [0.2, 0.25) is 0 Å². The summed E-state index contributed by atoms with van der Waals surface area (Å²) in [4.78, 5) is 71.4. The van der Waals surface area contributed by atoms with Gasteiger partial charge in [-0.2, -0.15) is 9.12 Å². The molecule has 0 saturated carbocycles. The lowest BCUT2D eigenvalue weighted by Crippen LogP contribution is -2.00. The van der Waals surface area contributed by atoms with E-state index >= 15 is 0 Å². The zero-order valence-corrected chi connectivity index (χ0v) is 33.6. The van der Waals surface area contributed by atoms with Gasteiger partial charge in [-0.05, 0) is 67.6 Å². The van der Waals surface area contributed by atoms with Gasteiger partial charge in [0.05, 0.1) is 28.9 Å². The van der Waals surface area contributed by atoms with E-state index in [-0.39, 0.29) is 34.8 Å². The summed E-state index contributed by atoms with van der Waals surface area (Å²) >= 11 is 5.39. The van der Waals surface area contributed by atoms with E-state index in [0.29, 0.717) is 46.4 Å². The van der Waals surface area contributed by atoms with Crippen LogP contribution in [0.1, 0.15) is 60.5 Å². The van der Waals surface area contributed by atoms with Crippen LogP contribution in [0, 0.1) is 6.92 Å². The van der Waals surface area contributed by atoms with Gasteiger partial charge in [-0.25, -0.2) is 28.8 Å². The highest BCUT2D eigenvalue weighted by molar-refractivity contribution is 7.49. The van der Waals surface area contributed by atoms with E-state index in [0.717, 1.165) is 5.69 Å². The van der Waals surface area contributed by atoms with Gasteiger partial charge in [0.1, 0.15) is 39.4 Å². The Labute approximate surface area is 344 Å². The number of methoxy groups -OCH3 is 3. The van der Waals surface area contributed by atoms with Crippen molar-refractivity contribution in [2.45, 2.75) is 19.8 Å². The number of H-pyrrole nitrogens is 4. The fraction of sp³-hybridized carbons (Fsp3) is 0.167. The Balaban J connectivity index is 0.000000678.